The van der Waals surface area contributed by atoms with Crippen LogP contribution in [-0.4, -0.2) is 29.6 Å². The van der Waals surface area contributed by atoms with E-state index in [2.05, 4.69) is 24.0 Å². The highest BCUT2D eigenvalue weighted by Gasteiger charge is 2.14. The van der Waals surface area contributed by atoms with E-state index in [0.717, 1.165) is 25.2 Å². The molecule has 1 aliphatic rings. The topological polar surface area (TPSA) is 23.5 Å². The average Bonchev–Trinajstić information content (AvgIpc) is 2.58. The van der Waals surface area contributed by atoms with Crippen LogP contribution in [0.15, 0.2) is 24.3 Å². The first-order valence-corrected chi connectivity index (χ1v) is 6.73. The van der Waals surface area contributed by atoms with Gasteiger partial charge in [-0.15, -0.1) is 0 Å². The third kappa shape index (κ3) is 3.83. The molecule has 1 heterocycles. The molecule has 1 N–H and O–H groups in total. The summed E-state index contributed by atoms with van der Waals surface area (Å²) in [6, 6.07) is 8.22. The number of hydrogen-bond donors (Lipinski definition) is 1. The van der Waals surface area contributed by atoms with E-state index in [1.54, 1.807) is 0 Å². The molecule has 1 fully saturated rings. The molecule has 2 rings (SSSR count). The Morgan fingerprint density at radius 2 is 1.65 bits per heavy atom. The van der Waals surface area contributed by atoms with Gasteiger partial charge in [-0.2, -0.15) is 0 Å². The molecule has 1 aromatic rings. The largest absolute Gasteiger partial charge is 0.387 e. The zero-order chi connectivity index (χ0) is 12.1. The highest BCUT2D eigenvalue weighted by Crippen LogP contribution is 2.17. The van der Waals surface area contributed by atoms with Crippen LogP contribution in [0.25, 0.3) is 0 Å². The van der Waals surface area contributed by atoms with E-state index in [4.69, 9.17) is 0 Å². The monoisotopic (exact) mass is 233 g/mol. The van der Waals surface area contributed by atoms with Gasteiger partial charge in [-0.1, -0.05) is 42.7 Å². The second kappa shape index (κ2) is 6.18. The predicted molar refractivity (Wildman–Crippen MR) is 71.0 cm³/mol. The van der Waals surface area contributed by atoms with Gasteiger partial charge in [-0.25, -0.2) is 0 Å². The molecule has 1 aromatic carbocycles. The summed E-state index contributed by atoms with van der Waals surface area (Å²) < 4.78 is 0. The van der Waals surface area contributed by atoms with Gasteiger partial charge >= 0.3 is 0 Å². The summed E-state index contributed by atoms with van der Waals surface area (Å²) in [5, 5.41) is 10.2. The lowest BCUT2D eigenvalue weighted by Crippen LogP contribution is -2.29. The van der Waals surface area contributed by atoms with E-state index >= 15 is 0 Å². The summed E-state index contributed by atoms with van der Waals surface area (Å²) in [6.07, 6.45) is 4.91. The number of aliphatic hydroxyl groups is 1. The van der Waals surface area contributed by atoms with Crippen molar-refractivity contribution in [3.05, 3.63) is 35.4 Å². The Balaban J connectivity index is 1.91. The maximum absolute atomic E-state index is 10.2. The van der Waals surface area contributed by atoms with Gasteiger partial charge in [0, 0.05) is 6.54 Å². The van der Waals surface area contributed by atoms with Crippen LogP contribution in [0, 0.1) is 6.92 Å². The average molecular weight is 233 g/mol. The van der Waals surface area contributed by atoms with Gasteiger partial charge in [0.15, 0.2) is 0 Å². The number of β-amino-alcohol motifs (C(OH)–C–C–N with tert-alkyl or cyclic N) is 1. The maximum atomic E-state index is 10.2. The summed E-state index contributed by atoms with van der Waals surface area (Å²) in [7, 11) is 0. The lowest BCUT2D eigenvalue weighted by Gasteiger charge is -2.23. The van der Waals surface area contributed by atoms with E-state index in [-0.39, 0.29) is 6.10 Å². The lowest BCUT2D eigenvalue weighted by atomic mass is 10.1. The molecule has 2 nitrogen and oxygen atoms in total. The third-order valence-electron chi connectivity index (χ3n) is 3.59. The van der Waals surface area contributed by atoms with Crippen molar-refractivity contribution < 1.29 is 5.11 Å². The van der Waals surface area contributed by atoms with Gasteiger partial charge in [0.25, 0.3) is 0 Å². The van der Waals surface area contributed by atoms with Crippen molar-refractivity contribution in [3.63, 3.8) is 0 Å². The van der Waals surface area contributed by atoms with Gasteiger partial charge in [0.2, 0.25) is 0 Å². The van der Waals surface area contributed by atoms with Gasteiger partial charge < -0.3 is 10.0 Å². The second-order valence-corrected chi connectivity index (χ2v) is 5.14. The SMILES string of the molecule is Cc1ccc(C(O)CN2CCCCCC2)cc1. The zero-order valence-corrected chi connectivity index (χ0v) is 10.7. The number of hydrogen-bond acceptors (Lipinski definition) is 2. The van der Waals surface area contributed by atoms with Crippen molar-refractivity contribution in [2.75, 3.05) is 19.6 Å². The molecule has 1 unspecified atom stereocenters. The minimum absolute atomic E-state index is 0.339. The van der Waals surface area contributed by atoms with Crippen LogP contribution in [0.4, 0.5) is 0 Å². The molecule has 2 heteroatoms. The first-order valence-electron chi connectivity index (χ1n) is 6.73. The van der Waals surface area contributed by atoms with E-state index in [1.165, 1.54) is 31.2 Å². The van der Waals surface area contributed by atoms with Crippen molar-refractivity contribution in [3.8, 4) is 0 Å². The second-order valence-electron chi connectivity index (χ2n) is 5.14. The summed E-state index contributed by atoms with van der Waals surface area (Å²) in [5.74, 6) is 0. The van der Waals surface area contributed by atoms with Crippen LogP contribution in [0.5, 0.6) is 0 Å². The van der Waals surface area contributed by atoms with E-state index in [1.807, 2.05) is 12.1 Å². The van der Waals surface area contributed by atoms with Crippen LogP contribution < -0.4 is 0 Å². The maximum Gasteiger partial charge on any atom is 0.0916 e. The van der Waals surface area contributed by atoms with Crippen LogP contribution in [-0.2, 0) is 0 Å². The molecule has 1 saturated heterocycles. The molecule has 1 atom stereocenters. The van der Waals surface area contributed by atoms with Gasteiger partial charge in [0.1, 0.15) is 0 Å². The van der Waals surface area contributed by atoms with Crippen LogP contribution in [0.1, 0.15) is 42.9 Å². The normalized spacial score (nSPS) is 19.9. The standard InChI is InChI=1S/C15H23NO/c1-13-6-8-14(9-7-13)15(17)12-16-10-4-2-3-5-11-16/h6-9,15,17H,2-5,10-12H2,1H3. The molecule has 0 aliphatic carbocycles. The molecular weight excluding hydrogens is 210 g/mol. The highest BCUT2D eigenvalue weighted by atomic mass is 16.3. The molecule has 1 aliphatic heterocycles. The fraction of sp³-hybridized carbons (Fsp3) is 0.600. The summed E-state index contributed by atoms with van der Waals surface area (Å²) in [6.45, 7) is 5.14. The lowest BCUT2D eigenvalue weighted by molar-refractivity contribution is 0.115. The molecular formula is C15H23NO. The summed E-state index contributed by atoms with van der Waals surface area (Å²) in [4.78, 5) is 2.40. The molecule has 0 spiro atoms. The molecule has 0 aromatic heterocycles. The van der Waals surface area contributed by atoms with E-state index in [0.29, 0.717) is 0 Å². The smallest absolute Gasteiger partial charge is 0.0916 e. The zero-order valence-electron chi connectivity index (χ0n) is 10.7. The molecule has 94 valence electrons. The van der Waals surface area contributed by atoms with Gasteiger partial charge in [-0.05, 0) is 38.4 Å². The quantitative estimate of drug-likeness (QED) is 0.867. The van der Waals surface area contributed by atoms with Crippen molar-refractivity contribution in [2.45, 2.75) is 38.7 Å². The fourth-order valence-corrected chi connectivity index (χ4v) is 2.46. The van der Waals surface area contributed by atoms with Gasteiger partial charge in [-0.3, -0.25) is 0 Å². The number of aryl methyl sites for hydroxylation is 1. The molecule has 0 radical (unpaired) electrons. The van der Waals surface area contributed by atoms with Crippen molar-refractivity contribution >= 4 is 0 Å². The predicted octanol–water partition coefficient (Wildman–Crippen LogP) is 2.90. The van der Waals surface area contributed by atoms with E-state index < -0.39 is 0 Å². The van der Waals surface area contributed by atoms with Gasteiger partial charge in [0.05, 0.1) is 6.10 Å². The Hall–Kier alpha value is -0.860. The Kier molecular flexibility index (Phi) is 4.57. The number of likely N-dealkylation sites (tertiary alicyclic amines) is 1. The number of benzene rings is 1. The molecule has 17 heavy (non-hydrogen) atoms. The van der Waals surface area contributed by atoms with E-state index in [9.17, 15) is 5.11 Å². The first-order chi connectivity index (χ1) is 8.25. The molecule has 0 amide bonds. The third-order valence-corrected chi connectivity index (χ3v) is 3.59. The molecule has 0 saturated carbocycles. The highest BCUT2D eigenvalue weighted by molar-refractivity contribution is 5.23. The minimum atomic E-state index is -0.339. The minimum Gasteiger partial charge on any atom is -0.387 e. The molecule has 0 bridgehead atoms. The number of nitrogens with zero attached hydrogens (tertiary/aromatic N) is 1. The van der Waals surface area contributed by atoms with Crippen molar-refractivity contribution in [1.29, 1.82) is 0 Å². The Morgan fingerprint density at radius 1 is 1.06 bits per heavy atom. The Bertz CT molecular complexity index is 325. The van der Waals surface area contributed by atoms with Crippen LogP contribution in [0.3, 0.4) is 0 Å². The van der Waals surface area contributed by atoms with Crippen molar-refractivity contribution in [1.82, 2.24) is 4.90 Å². The van der Waals surface area contributed by atoms with Crippen molar-refractivity contribution in [2.24, 2.45) is 0 Å². The van der Waals surface area contributed by atoms with Crippen LogP contribution in [0.2, 0.25) is 0 Å². The number of aliphatic hydroxyl groups excluding tert-OH is 1. The Morgan fingerprint density at radius 3 is 2.24 bits per heavy atom. The number of rotatable bonds is 3. The fourth-order valence-electron chi connectivity index (χ4n) is 2.46. The van der Waals surface area contributed by atoms with Crippen LogP contribution >= 0.6 is 0 Å². The summed E-state index contributed by atoms with van der Waals surface area (Å²) in [5.41, 5.74) is 2.29. The Labute approximate surface area is 104 Å². The summed E-state index contributed by atoms with van der Waals surface area (Å²) >= 11 is 0. The first kappa shape index (κ1) is 12.6.